The first-order valence-electron chi connectivity index (χ1n) is 11.1. The highest BCUT2D eigenvalue weighted by atomic mass is 32.1. The standard InChI is InChI=1S/C25H30N4O3S/c1-15-10-11-26-21(12-15)29-20-7-5-6-18(28-20)19-14-27-23(33-19)25(4,32)16-8-9-17(22(30)31)24(2,3)13-16/h5-7,10-12,14,16-17,32H,8-9,13H2,1-4H3,(H,30,31)(H,26,28,29)/t16-,17+,25?/m0/s1. The van der Waals surface area contributed by atoms with E-state index in [0.717, 1.165) is 22.0 Å². The lowest BCUT2D eigenvalue weighted by molar-refractivity contribution is -0.151. The summed E-state index contributed by atoms with van der Waals surface area (Å²) >= 11 is 1.43. The molecule has 7 nitrogen and oxygen atoms in total. The van der Waals surface area contributed by atoms with Gasteiger partial charge in [-0.05, 0) is 74.3 Å². The van der Waals surface area contributed by atoms with Crippen molar-refractivity contribution in [1.82, 2.24) is 15.0 Å². The second kappa shape index (κ2) is 8.83. The van der Waals surface area contributed by atoms with Gasteiger partial charge in [-0.2, -0.15) is 0 Å². The average Bonchev–Trinajstić information content (AvgIpc) is 3.24. The van der Waals surface area contributed by atoms with Crippen LogP contribution in [-0.2, 0) is 10.4 Å². The summed E-state index contributed by atoms with van der Waals surface area (Å²) in [5, 5.41) is 24.9. The van der Waals surface area contributed by atoms with Crippen LogP contribution in [-0.4, -0.2) is 31.1 Å². The molecular formula is C25H30N4O3S. The number of carboxylic acid groups (broad SMARTS) is 1. The number of carboxylic acids is 1. The van der Waals surface area contributed by atoms with Gasteiger partial charge in [-0.25, -0.2) is 15.0 Å². The third-order valence-electron chi connectivity index (χ3n) is 6.72. The van der Waals surface area contributed by atoms with Gasteiger partial charge in [0.15, 0.2) is 0 Å². The van der Waals surface area contributed by atoms with E-state index < -0.39 is 17.5 Å². The fourth-order valence-electron chi connectivity index (χ4n) is 4.75. The normalized spacial score (nSPS) is 21.8. The molecule has 3 N–H and O–H groups in total. The molecule has 1 aliphatic rings. The summed E-state index contributed by atoms with van der Waals surface area (Å²) in [6.45, 7) is 7.77. The summed E-state index contributed by atoms with van der Waals surface area (Å²) in [5.74, 6) is 0.206. The van der Waals surface area contributed by atoms with Crippen LogP contribution in [0, 0.1) is 24.2 Å². The van der Waals surface area contributed by atoms with Gasteiger partial charge >= 0.3 is 5.97 Å². The second-order valence-electron chi connectivity index (χ2n) is 9.79. The number of aliphatic hydroxyl groups is 1. The topological polar surface area (TPSA) is 108 Å². The fourth-order valence-corrected chi connectivity index (χ4v) is 5.76. The number of nitrogens with one attached hydrogen (secondary N) is 1. The van der Waals surface area contributed by atoms with Crippen molar-refractivity contribution in [3.05, 3.63) is 53.3 Å². The van der Waals surface area contributed by atoms with Gasteiger partial charge in [-0.3, -0.25) is 4.79 Å². The van der Waals surface area contributed by atoms with Crippen molar-refractivity contribution >= 4 is 28.9 Å². The van der Waals surface area contributed by atoms with Crippen molar-refractivity contribution in [1.29, 1.82) is 0 Å². The Hall–Kier alpha value is -2.84. The Morgan fingerprint density at radius 3 is 2.70 bits per heavy atom. The summed E-state index contributed by atoms with van der Waals surface area (Å²) in [6.07, 6.45) is 5.35. The molecule has 3 aromatic heterocycles. The number of thiazole rings is 1. The summed E-state index contributed by atoms with van der Waals surface area (Å²) in [4.78, 5) is 26.1. The molecule has 1 saturated carbocycles. The lowest BCUT2D eigenvalue weighted by Crippen LogP contribution is -2.43. The minimum absolute atomic E-state index is 0.0598. The molecule has 33 heavy (non-hydrogen) atoms. The molecule has 0 radical (unpaired) electrons. The number of aryl methyl sites for hydroxylation is 1. The summed E-state index contributed by atoms with van der Waals surface area (Å²) < 4.78 is 0. The molecule has 1 fully saturated rings. The number of hydrogen-bond acceptors (Lipinski definition) is 7. The van der Waals surface area contributed by atoms with Crippen LogP contribution in [0.25, 0.3) is 10.6 Å². The predicted octanol–water partition coefficient (Wildman–Crippen LogP) is 5.39. The third-order valence-corrected chi connectivity index (χ3v) is 7.97. The summed E-state index contributed by atoms with van der Waals surface area (Å²) in [7, 11) is 0. The highest BCUT2D eigenvalue weighted by molar-refractivity contribution is 7.15. The number of aliphatic carboxylic acids is 1. The van der Waals surface area contributed by atoms with E-state index in [4.69, 9.17) is 4.98 Å². The Bertz CT molecular complexity index is 1160. The first-order valence-corrected chi connectivity index (χ1v) is 12.0. The van der Waals surface area contributed by atoms with E-state index in [1.165, 1.54) is 11.3 Å². The molecule has 4 rings (SSSR count). The fraction of sp³-hybridized carbons (Fsp3) is 0.440. The number of pyridine rings is 2. The van der Waals surface area contributed by atoms with Gasteiger partial charge in [-0.15, -0.1) is 11.3 Å². The number of anilines is 2. The lowest BCUT2D eigenvalue weighted by Gasteiger charge is -2.44. The van der Waals surface area contributed by atoms with Gasteiger partial charge in [-0.1, -0.05) is 19.9 Å². The van der Waals surface area contributed by atoms with Crippen molar-refractivity contribution in [2.24, 2.45) is 17.3 Å². The van der Waals surface area contributed by atoms with Crippen LogP contribution >= 0.6 is 11.3 Å². The lowest BCUT2D eigenvalue weighted by atomic mass is 9.62. The molecule has 0 saturated heterocycles. The zero-order valence-electron chi connectivity index (χ0n) is 19.4. The maximum absolute atomic E-state index is 11.6. The zero-order chi connectivity index (χ0) is 23.8. The predicted molar refractivity (Wildman–Crippen MR) is 129 cm³/mol. The summed E-state index contributed by atoms with van der Waals surface area (Å²) in [5.41, 5.74) is 0.357. The number of aromatic nitrogens is 3. The molecule has 0 aliphatic heterocycles. The van der Waals surface area contributed by atoms with E-state index >= 15 is 0 Å². The number of carbonyl (C=O) groups is 1. The highest BCUT2D eigenvalue weighted by Crippen LogP contribution is 2.50. The Morgan fingerprint density at radius 2 is 2.00 bits per heavy atom. The molecule has 3 aromatic rings. The van der Waals surface area contributed by atoms with Crippen LogP contribution < -0.4 is 5.32 Å². The van der Waals surface area contributed by atoms with Crippen molar-refractivity contribution in [2.45, 2.75) is 52.6 Å². The zero-order valence-corrected chi connectivity index (χ0v) is 20.2. The molecule has 8 heteroatoms. The van der Waals surface area contributed by atoms with Crippen molar-refractivity contribution in [3.63, 3.8) is 0 Å². The molecule has 0 amide bonds. The first kappa shape index (κ1) is 23.3. The maximum atomic E-state index is 11.6. The highest BCUT2D eigenvalue weighted by Gasteiger charge is 2.47. The molecule has 0 bridgehead atoms. The van der Waals surface area contributed by atoms with Gasteiger partial charge in [0.1, 0.15) is 22.2 Å². The molecule has 174 valence electrons. The smallest absolute Gasteiger partial charge is 0.307 e. The monoisotopic (exact) mass is 466 g/mol. The van der Waals surface area contributed by atoms with E-state index in [9.17, 15) is 15.0 Å². The van der Waals surface area contributed by atoms with E-state index in [1.807, 2.05) is 51.1 Å². The Morgan fingerprint density at radius 1 is 1.21 bits per heavy atom. The maximum Gasteiger partial charge on any atom is 0.307 e. The Kier molecular flexibility index (Phi) is 6.24. The third kappa shape index (κ3) is 4.91. The first-order chi connectivity index (χ1) is 15.6. The Balaban J connectivity index is 1.53. The molecule has 0 aromatic carbocycles. The van der Waals surface area contributed by atoms with Crippen molar-refractivity contribution in [2.75, 3.05) is 5.32 Å². The van der Waals surface area contributed by atoms with Crippen LogP contribution in [0.5, 0.6) is 0 Å². The van der Waals surface area contributed by atoms with Crippen LogP contribution in [0.4, 0.5) is 11.6 Å². The quantitative estimate of drug-likeness (QED) is 0.447. The molecule has 3 atom stereocenters. The van der Waals surface area contributed by atoms with Crippen molar-refractivity contribution in [3.8, 4) is 10.6 Å². The van der Waals surface area contributed by atoms with Crippen LogP contribution in [0.3, 0.4) is 0 Å². The minimum Gasteiger partial charge on any atom is -0.481 e. The van der Waals surface area contributed by atoms with Gasteiger partial charge in [0.2, 0.25) is 0 Å². The summed E-state index contributed by atoms with van der Waals surface area (Å²) in [6, 6.07) is 9.62. The molecule has 3 heterocycles. The SMILES string of the molecule is Cc1ccnc(Nc2cccc(-c3cnc(C(C)(O)[C@H]4CC[C@H](C(=O)O)C(C)(C)C4)s3)n2)c1. The van der Waals surface area contributed by atoms with Crippen molar-refractivity contribution < 1.29 is 15.0 Å². The van der Waals surface area contributed by atoms with Gasteiger partial charge in [0.05, 0.1) is 16.5 Å². The molecule has 0 spiro atoms. The number of nitrogens with zero attached hydrogens (tertiary/aromatic N) is 3. The molecule has 1 unspecified atom stereocenters. The van der Waals surface area contributed by atoms with E-state index in [2.05, 4.69) is 15.3 Å². The minimum atomic E-state index is -1.13. The Labute approximate surface area is 198 Å². The van der Waals surface area contributed by atoms with Crippen LogP contribution in [0.1, 0.15) is 50.6 Å². The van der Waals surface area contributed by atoms with Crippen LogP contribution in [0.2, 0.25) is 0 Å². The average molecular weight is 467 g/mol. The number of hydrogen-bond donors (Lipinski definition) is 3. The van der Waals surface area contributed by atoms with E-state index in [1.54, 1.807) is 19.3 Å². The molecule has 1 aliphatic carbocycles. The van der Waals surface area contributed by atoms with Gasteiger partial charge in [0, 0.05) is 12.4 Å². The van der Waals surface area contributed by atoms with Crippen LogP contribution in [0.15, 0.2) is 42.7 Å². The van der Waals surface area contributed by atoms with E-state index in [-0.39, 0.29) is 11.3 Å². The second-order valence-corrected chi connectivity index (χ2v) is 10.8. The largest absolute Gasteiger partial charge is 0.481 e. The molecular weight excluding hydrogens is 436 g/mol. The number of rotatable bonds is 6. The van der Waals surface area contributed by atoms with Gasteiger partial charge in [0.25, 0.3) is 0 Å². The van der Waals surface area contributed by atoms with Gasteiger partial charge < -0.3 is 15.5 Å². The van der Waals surface area contributed by atoms with E-state index in [0.29, 0.717) is 30.1 Å².